The average Bonchev–Trinajstić information content (AvgIpc) is 3.60. The van der Waals surface area contributed by atoms with Crippen LogP contribution in [-0.2, 0) is 5.75 Å². The van der Waals surface area contributed by atoms with E-state index in [2.05, 4.69) is 32.3 Å². The van der Waals surface area contributed by atoms with Crippen molar-refractivity contribution < 1.29 is 4.74 Å². The van der Waals surface area contributed by atoms with E-state index >= 15 is 0 Å². The zero-order valence-corrected chi connectivity index (χ0v) is 20.8. The van der Waals surface area contributed by atoms with E-state index in [1.165, 1.54) is 10.2 Å². The van der Waals surface area contributed by atoms with Crippen molar-refractivity contribution in [2.24, 2.45) is 5.41 Å². The van der Waals surface area contributed by atoms with E-state index < -0.39 is 0 Å². The SMILES string of the molecule is CC1(COc2c(N3CCN(SCc4cccnc4)CC3)cnn(-c3cccc(Cl)c3)c2=O)CC1. The van der Waals surface area contributed by atoms with E-state index in [0.29, 0.717) is 23.1 Å². The van der Waals surface area contributed by atoms with Gasteiger partial charge < -0.3 is 9.64 Å². The van der Waals surface area contributed by atoms with Gasteiger partial charge in [0.1, 0.15) is 5.69 Å². The first-order valence-electron chi connectivity index (χ1n) is 11.5. The molecule has 178 valence electrons. The lowest BCUT2D eigenvalue weighted by molar-refractivity contribution is 0.243. The highest BCUT2D eigenvalue weighted by molar-refractivity contribution is 7.96. The van der Waals surface area contributed by atoms with E-state index in [9.17, 15) is 4.79 Å². The normalized spacial score (nSPS) is 17.5. The standard InChI is InChI=1S/C25H28ClN5O2S/c1-25(7-8-25)18-33-23-22(16-28-31(24(23)32)21-6-2-5-20(26)14-21)29-10-12-30(13-11-29)34-17-19-4-3-9-27-15-19/h2-6,9,14-16H,7-8,10-13,17-18H2,1H3. The summed E-state index contributed by atoms with van der Waals surface area (Å²) >= 11 is 7.97. The topological polar surface area (TPSA) is 63.5 Å². The Hall–Kier alpha value is -2.55. The lowest BCUT2D eigenvalue weighted by Crippen LogP contribution is -2.44. The molecule has 0 atom stereocenters. The number of piperazine rings is 1. The van der Waals surface area contributed by atoms with Crippen LogP contribution in [0.3, 0.4) is 0 Å². The number of rotatable bonds is 8. The number of hydrogen-bond acceptors (Lipinski definition) is 7. The van der Waals surface area contributed by atoms with Gasteiger partial charge >= 0.3 is 5.56 Å². The lowest BCUT2D eigenvalue weighted by Gasteiger charge is -2.35. The van der Waals surface area contributed by atoms with Crippen LogP contribution in [0.25, 0.3) is 5.69 Å². The van der Waals surface area contributed by atoms with Crippen molar-refractivity contribution in [1.29, 1.82) is 0 Å². The zero-order chi connectivity index (χ0) is 23.5. The minimum Gasteiger partial charge on any atom is -0.486 e. The van der Waals surface area contributed by atoms with Crippen LogP contribution in [0.1, 0.15) is 25.3 Å². The van der Waals surface area contributed by atoms with E-state index in [1.54, 1.807) is 24.5 Å². The third kappa shape index (κ3) is 5.40. The molecule has 0 radical (unpaired) electrons. The summed E-state index contributed by atoms with van der Waals surface area (Å²) in [5, 5.41) is 5.04. The van der Waals surface area contributed by atoms with Crippen molar-refractivity contribution in [3.63, 3.8) is 0 Å². The summed E-state index contributed by atoms with van der Waals surface area (Å²) in [6, 6.07) is 11.2. The van der Waals surface area contributed by atoms with Crippen LogP contribution in [-0.4, -0.2) is 51.9 Å². The van der Waals surface area contributed by atoms with Crippen LogP contribution in [0.4, 0.5) is 5.69 Å². The molecule has 0 amide bonds. The number of halogens is 1. The molecule has 3 heterocycles. The number of anilines is 1. The molecule has 2 aliphatic rings. The summed E-state index contributed by atoms with van der Waals surface area (Å²) in [6.45, 7) is 6.11. The van der Waals surface area contributed by atoms with Gasteiger partial charge in [0.15, 0.2) is 0 Å². The summed E-state index contributed by atoms with van der Waals surface area (Å²) in [5.74, 6) is 1.28. The van der Waals surface area contributed by atoms with Gasteiger partial charge in [-0.25, -0.2) is 4.31 Å². The molecule has 9 heteroatoms. The number of benzene rings is 1. The Labute approximate surface area is 208 Å². The van der Waals surface area contributed by atoms with Gasteiger partial charge in [0, 0.05) is 54.8 Å². The minimum absolute atomic E-state index is 0.162. The predicted octanol–water partition coefficient (Wildman–Crippen LogP) is 4.43. The maximum absolute atomic E-state index is 13.5. The Morgan fingerprint density at radius 2 is 1.94 bits per heavy atom. The first kappa shape index (κ1) is 23.2. The Kier molecular flexibility index (Phi) is 6.81. The number of aromatic nitrogens is 3. The van der Waals surface area contributed by atoms with Crippen molar-refractivity contribution in [3.05, 3.63) is 75.9 Å². The summed E-state index contributed by atoms with van der Waals surface area (Å²) in [4.78, 5) is 19.9. The van der Waals surface area contributed by atoms with Gasteiger partial charge in [-0.1, -0.05) is 42.6 Å². The van der Waals surface area contributed by atoms with E-state index in [-0.39, 0.29) is 11.0 Å². The highest BCUT2D eigenvalue weighted by atomic mass is 35.5. The highest BCUT2D eigenvalue weighted by Crippen LogP contribution is 2.45. The van der Waals surface area contributed by atoms with Crippen LogP contribution in [0.5, 0.6) is 5.75 Å². The van der Waals surface area contributed by atoms with E-state index in [1.807, 2.05) is 36.3 Å². The van der Waals surface area contributed by atoms with Gasteiger partial charge in [-0.2, -0.15) is 9.78 Å². The molecule has 2 fully saturated rings. The van der Waals surface area contributed by atoms with Crippen molar-refractivity contribution in [2.45, 2.75) is 25.5 Å². The van der Waals surface area contributed by atoms with Gasteiger partial charge in [0.05, 0.1) is 18.5 Å². The lowest BCUT2D eigenvalue weighted by atomic mass is 10.2. The Morgan fingerprint density at radius 1 is 1.12 bits per heavy atom. The molecule has 1 saturated heterocycles. The molecule has 3 aromatic rings. The van der Waals surface area contributed by atoms with Crippen LogP contribution in [0.2, 0.25) is 5.02 Å². The molecular weight excluding hydrogens is 470 g/mol. The molecule has 0 unspecified atom stereocenters. The quantitative estimate of drug-likeness (QED) is 0.426. The third-order valence-corrected chi connectivity index (χ3v) is 7.78. The minimum atomic E-state index is -0.252. The number of nitrogens with zero attached hydrogens (tertiary/aromatic N) is 5. The van der Waals surface area contributed by atoms with Crippen molar-refractivity contribution >= 4 is 29.2 Å². The predicted molar refractivity (Wildman–Crippen MR) is 137 cm³/mol. The third-order valence-electron chi connectivity index (χ3n) is 6.35. The fourth-order valence-corrected chi connectivity index (χ4v) is 5.00. The van der Waals surface area contributed by atoms with Crippen LogP contribution >= 0.6 is 23.5 Å². The number of pyridine rings is 1. The molecule has 1 aliphatic carbocycles. The first-order chi connectivity index (χ1) is 16.5. The second-order valence-corrected chi connectivity index (χ2v) is 10.7. The Bertz CT molecular complexity index is 1190. The molecular formula is C25H28ClN5O2S. The molecule has 34 heavy (non-hydrogen) atoms. The van der Waals surface area contributed by atoms with E-state index in [0.717, 1.165) is 50.5 Å². The number of ether oxygens (including phenoxy) is 1. The van der Waals surface area contributed by atoms with Gasteiger partial charge in [-0.3, -0.25) is 9.78 Å². The van der Waals surface area contributed by atoms with Crippen LogP contribution in [0, 0.1) is 5.41 Å². The molecule has 2 aromatic heterocycles. The van der Waals surface area contributed by atoms with Crippen molar-refractivity contribution in [1.82, 2.24) is 19.1 Å². The molecule has 0 N–H and O–H groups in total. The fraction of sp³-hybridized carbons (Fsp3) is 0.400. The van der Waals surface area contributed by atoms with Crippen molar-refractivity contribution in [3.8, 4) is 11.4 Å². The smallest absolute Gasteiger partial charge is 0.316 e. The second kappa shape index (κ2) is 9.98. The molecule has 1 aromatic carbocycles. The average molecular weight is 498 g/mol. The Balaban J connectivity index is 1.33. The second-order valence-electron chi connectivity index (χ2n) is 9.21. The monoisotopic (exact) mass is 497 g/mol. The molecule has 0 spiro atoms. The van der Waals surface area contributed by atoms with Crippen LogP contribution < -0.4 is 15.2 Å². The highest BCUT2D eigenvalue weighted by Gasteiger charge is 2.39. The summed E-state index contributed by atoms with van der Waals surface area (Å²) in [6.07, 6.45) is 7.72. The van der Waals surface area contributed by atoms with Crippen molar-refractivity contribution in [2.75, 3.05) is 37.7 Å². The largest absolute Gasteiger partial charge is 0.486 e. The number of hydrogen-bond donors (Lipinski definition) is 0. The summed E-state index contributed by atoms with van der Waals surface area (Å²) in [7, 11) is 0. The summed E-state index contributed by atoms with van der Waals surface area (Å²) < 4.78 is 9.94. The van der Waals surface area contributed by atoms with Gasteiger partial charge in [0.2, 0.25) is 5.75 Å². The van der Waals surface area contributed by atoms with Gasteiger partial charge in [-0.15, -0.1) is 0 Å². The van der Waals surface area contributed by atoms with Gasteiger partial charge in [0.25, 0.3) is 0 Å². The maximum Gasteiger partial charge on any atom is 0.316 e. The molecule has 1 aliphatic heterocycles. The first-order valence-corrected chi connectivity index (χ1v) is 12.9. The van der Waals surface area contributed by atoms with Gasteiger partial charge in [-0.05, 0) is 42.7 Å². The summed E-state index contributed by atoms with van der Waals surface area (Å²) in [5.41, 5.74) is 2.52. The molecule has 0 bridgehead atoms. The fourth-order valence-electron chi connectivity index (χ4n) is 3.89. The Morgan fingerprint density at radius 3 is 2.65 bits per heavy atom. The van der Waals surface area contributed by atoms with Crippen LogP contribution in [0.15, 0.2) is 59.8 Å². The molecule has 1 saturated carbocycles. The molecule has 7 nitrogen and oxygen atoms in total. The van der Waals surface area contributed by atoms with E-state index in [4.69, 9.17) is 16.3 Å². The zero-order valence-electron chi connectivity index (χ0n) is 19.2. The molecule has 5 rings (SSSR count). The maximum atomic E-state index is 13.5.